The molecule has 0 aromatic heterocycles. The van der Waals surface area contributed by atoms with E-state index < -0.39 is 0 Å². The number of halogens is 2. The fourth-order valence-corrected chi connectivity index (χ4v) is 3.40. The van der Waals surface area contributed by atoms with Crippen molar-refractivity contribution in [1.29, 1.82) is 0 Å². The van der Waals surface area contributed by atoms with E-state index in [0.717, 1.165) is 24.2 Å². The van der Waals surface area contributed by atoms with Crippen molar-refractivity contribution in [3.63, 3.8) is 0 Å². The molecule has 0 spiro atoms. The molecule has 2 heterocycles. The van der Waals surface area contributed by atoms with Gasteiger partial charge in [-0.05, 0) is 18.1 Å². The maximum Gasteiger partial charge on any atom is 0.253 e. The first kappa shape index (κ1) is 24.7. The second-order valence-electron chi connectivity index (χ2n) is 6.72. The van der Waals surface area contributed by atoms with Crippen LogP contribution in [-0.2, 0) is 20.7 Å². The zero-order valence-electron chi connectivity index (χ0n) is 16.2. The van der Waals surface area contributed by atoms with Crippen LogP contribution in [0.1, 0.15) is 12.5 Å². The molecule has 7 nitrogen and oxygen atoms in total. The van der Waals surface area contributed by atoms with E-state index >= 15 is 0 Å². The largest absolute Gasteiger partial charge is 0.366 e. The van der Waals surface area contributed by atoms with E-state index in [1.165, 1.54) is 0 Å². The summed E-state index contributed by atoms with van der Waals surface area (Å²) in [6.45, 7) is 7.06. The molecular formula is C19H30Cl2N4O3. The minimum absolute atomic E-state index is 0. The first-order chi connectivity index (χ1) is 12.7. The number of morpholine rings is 1. The molecule has 2 aliphatic rings. The molecule has 9 heteroatoms. The summed E-state index contributed by atoms with van der Waals surface area (Å²) in [5, 5.41) is 6.19. The zero-order chi connectivity index (χ0) is 18.4. The highest BCUT2D eigenvalue weighted by molar-refractivity contribution is 5.93. The number of piperazine rings is 1. The molecule has 2 fully saturated rings. The Bertz CT molecular complexity index is 633. The summed E-state index contributed by atoms with van der Waals surface area (Å²) in [6, 6.07) is 7.88. The van der Waals surface area contributed by atoms with E-state index in [4.69, 9.17) is 4.74 Å². The minimum atomic E-state index is -0.371. The molecule has 3 rings (SSSR count). The van der Waals surface area contributed by atoms with Gasteiger partial charge in [-0.3, -0.25) is 14.5 Å². The molecule has 158 valence electrons. The number of nitrogens with one attached hydrogen (secondary N) is 2. The van der Waals surface area contributed by atoms with E-state index in [0.29, 0.717) is 45.9 Å². The number of amides is 2. The van der Waals surface area contributed by atoms with Gasteiger partial charge in [-0.25, -0.2) is 0 Å². The van der Waals surface area contributed by atoms with E-state index in [2.05, 4.69) is 22.5 Å². The van der Waals surface area contributed by atoms with E-state index in [1.54, 1.807) is 0 Å². The van der Waals surface area contributed by atoms with Crippen molar-refractivity contribution in [2.75, 3.05) is 57.7 Å². The number of ether oxygens (including phenoxy) is 1. The number of anilines is 1. The number of carbonyl (C=O) groups excluding carboxylic acids is 2. The van der Waals surface area contributed by atoms with Crippen molar-refractivity contribution >= 4 is 42.3 Å². The predicted molar refractivity (Wildman–Crippen MR) is 115 cm³/mol. The standard InChI is InChI=1S/C19H28N4O3.2ClH/c1-2-15-5-3-4-6-16(15)21-18(24)14-22-8-10-23(11-9-22)19(25)17-13-20-7-12-26-17;;/h3-6,17,20H,2,7-14H2,1H3,(H,21,24);2*1H. The number of hydrogen-bond donors (Lipinski definition) is 2. The number of benzene rings is 1. The lowest BCUT2D eigenvalue weighted by Gasteiger charge is -2.36. The molecule has 0 bridgehead atoms. The molecule has 2 saturated heterocycles. The number of carbonyl (C=O) groups is 2. The van der Waals surface area contributed by atoms with Crippen LogP contribution in [-0.4, -0.2) is 80.1 Å². The number of nitrogens with zero attached hydrogens (tertiary/aromatic N) is 2. The van der Waals surface area contributed by atoms with Crippen LogP contribution in [0.4, 0.5) is 5.69 Å². The Kier molecular flexibility index (Phi) is 10.8. The van der Waals surface area contributed by atoms with Crippen LogP contribution in [0, 0.1) is 0 Å². The van der Waals surface area contributed by atoms with Gasteiger partial charge in [0, 0.05) is 45.0 Å². The highest BCUT2D eigenvalue weighted by Crippen LogP contribution is 2.15. The topological polar surface area (TPSA) is 73.9 Å². The van der Waals surface area contributed by atoms with Crippen molar-refractivity contribution in [1.82, 2.24) is 15.1 Å². The molecule has 2 N–H and O–H groups in total. The zero-order valence-corrected chi connectivity index (χ0v) is 17.8. The molecule has 0 aliphatic carbocycles. The van der Waals surface area contributed by atoms with Gasteiger partial charge in [-0.2, -0.15) is 0 Å². The van der Waals surface area contributed by atoms with Crippen molar-refractivity contribution in [3.8, 4) is 0 Å². The quantitative estimate of drug-likeness (QED) is 0.730. The Labute approximate surface area is 179 Å². The van der Waals surface area contributed by atoms with Crippen LogP contribution in [0.3, 0.4) is 0 Å². The fraction of sp³-hybridized carbons (Fsp3) is 0.579. The van der Waals surface area contributed by atoms with Gasteiger partial charge >= 0.3 is 0 Å². The molecular weight excluding hydrogens is 403 g/mol. The molecule has 1 aromatic carbocycles. The molecule has 1 aromatic rings. The normalized spacial score (nSPS) is 19.9. The van der Waals surface area contributed by atoms with Gasteiger partial charge in [-0.1, -0.05) is 25.1 Å². The summed E-state index contributed by atoms with van der Waals surface area (Å²) in [7, 11) is 0. The summed E-state index contributed by atoms with van der Waals surface area (Å²) < 4.78 is 5.54. The van der Waals surface area contributed by atoms with Gasteiger partial charge in [-0.15, -0.1) is 24.8 Å². The fourth-order valence-electron chi connectivity index (χ4n) is 3.40. The Hall–Kier alpha value is -1.38. The van der Waals surface area contributed by atoms with Crippen molar-refractivity contribution < 1.29 is 14.3 Å². The summed E-state index contributed by atoms with van der Waals surface area (Å²) >= 11 is 0. The molecule has 28 heavy (non-hydrogen) atoms. The monoisotopic (exact) mass is 432 g/mol. The van der Waals surface area contributed by atoms with Crippen LogP contribution in [0.5, 0.6) is 0 Å². The van der Waals surface area contributed by atoms with Crippen LogP contribution in [0.25, 0.3) is 0 Å². The molecule has 2 aliphatic heterocycles. The molecule has 1 atom stereocenters. The second-order valence-corrected chi connectivity index (χ2v) is 6.72. The third-order valence-corrected chi connectivity index (χ3v) is 4.93. The van der Waals surface area contributed by atoms with Gasteiger partial charge in [0.25, 0.3) is 5.91 Å². The Balaban J connectivity index is 0.00000196. The summed E-state index contributed by atoms with van der Waals surface area (Å²) in [5.74, 6) is 0.0451. The van der Waals surface area contributed by atoms with E-state index in [9.17, 15) is 9.59 Å². The van der Waals surface area contributed by atoms with Crippen LogP contribution >= 0.6 is 24.8 Å². The molecule has 1 unspecified atom stereocenters. The number of aryl methyl sites for hydroxylation is 1. The number of rotatable bonds is 5. The van der Waals surface area contributed by atoms with E-state index in [1.807, 2.05) is 29.2 Å². The minimum Gasteiger partial charge on any atom is -0.366 e. The lowest BCUT2D eigenvalue weighted by Crippen LogP contribution is -2.55. The summed E-state index contributed by atoms with van der Waals surface area (Å²) in [4.78, 5) is 28.7. The first-order valence-corrected chi connectivity index (χ1v) is 9.38. The van der Waals surface area contributed by atoms with Gasteiger partial charge < -0.3 is 20.3 Å². The van der Waals surface area contributed by atoms with Crippen molar-refractivity contribution in [2.45, 2.75) is 19.4 Å². The van der Waals surface area contributed by atoms with Gasteiger partial charge in [0.15, 0.2) is 0 Å². The lowest BCUT2D eigenvalue weighted by molar-refractivity contribution is -0.147. The maximum absolute atomic E-state index is 12.5. The third-order valence-electron chi connectivity index (χ3n) is 4.93. The van der Waals surface area contributed by atoms with E-state index in [-0.39, 0.29) is 42.7 Å². The molecule has 0 saturated carbocycles. The SMILES string of the molecule is CCc1ccccc1NC(=O)CN1CCN(C(=O)C2CNCCO2)CC1.Cl.Cl. The molecule has 2 amide bonds. The smallest absolute Gasteiger partial charge is 0.253 e. The summed E-state index contributed by atoms with van der Waals surface area (Å²) in [5.41, 5.74) is 2.02. The third kappa shape index (κ3) is 6.60. The number of para-hydroxylation sites is 1. The van der Waals surface area contributed by atoms with Crippen LogP contribution < -0.4 is 10.6 Å². The van der Waals surface area contributed by atoms with Crippen LogP contribution in [0.2, 0.25) is 0 Å². The van der Waals surface area contributed by atoms with Gasteiger partial charge in [0.1, 0.15) is 6.10 Å². The lowest BCUT2D eigenvalue weighted by atomic mass is 10.1. The highest BCUT2D eigenvalue weighted by atomic mass is 35.5. The average Bonchev–Trinajstić information content (AvgIpc) is 2.69. The van der Waals surface area contributed by atoms with Gasteiger partial charge in [0.05, 0.1) is 13.2 Å². The Morgan fingerprint density at radius 2 is 1.89 bits per heavy atom. The highest BCUT2D eigenvalue weighted by Gasteiger charge is 2.29. The number of hydrogen-bond acceptors (Lipinski definition) is 5. The maximum atomic E-state index is 12.5. The van der Waals surface area contributed by atoms with Crippen molar-refractivity contribution in [2.24, 2.45) is 0 Å². The van der Waals surface area contributed by atoms with Crippen molar-refractivity contribution in [3.05, 3.63) is 29.8 Å². The van der Waals surface area contributed by atoms with Gasteiger partial charge in [0.2, 0.25) is 5.91 Å². The Morgan fingerprint density at radius 3 is 2.54 bits per heavy atom. The van der Waals surface area contributed by atoms with Crippen LogP contribution in [0.15, 0.2) is 24.3 Å². The second kappa shape index (κ2) is 12.2. The summed E-state index contributed by atoms with van der Waals surface area (Å²) in [6.07, 6.45) is 0.513. The molecule has 0 radical (unpaired) electrons. The first-order valence-electron chi connectivity index (χ1n) is 9.38. The Morgan fingerprint density at radius 1 is 1.18 bits per heavy atom. The average molecular weight is 433 g/mol. The predicted octanol–water partition coefficient (Wildman–Crippen LogP) is 1.16.